The van der Waals surface area contributed by atoms with Crippen molar-refractivity contribution in [1.29, 1.82) is 0 Å². The molecule has 0 saturated carbocycles. The molecule has 2 heterocycles. The standard InChI is InChI=1S/C14H24N4O2/c1-3-13-12(11-16(2)15-13)14(20)18-6-4-5-17(7-8-18)9-10-19/h11,19H,3-10H2,1-2H3. The Morgan fingerprint density at radius 3 is 2.85 bits per heavy atom. The average molecular weight is 280 g/mol. The van der Waals surface area contributed by atoms with Gasteiger partial charge in [0.15, 0.2) is 0 Å². The minimum Gasteiger partial charge on any atom is -0.395 e. The first kappa shape index (κ1) is 15.0. The topological polar surface area (TPSA) is 61.6 Å². The third kappa shape index (κ3) is 3.37. The van der Waals surface area contributed by atoms with Gasteiger partial charge < -0.3 is 10.0 Å². The van der Waals surface area contributed by atoms with Crippen molar-refractivity contribution < 1.29 is 9.90 Å². The lowest BCUT2D eigenvalue weighted by Gasteiger charge is -2.21. The molecule has 1 aromatic heterocycles. The number of aromatic nitrogens is 2. The van der Waals surface area contributed by atoms with Crippen molar-refractivity contribution in [3.05, 3.63) is 17.5 Å². The van der Waals surface area contributed by atoms with E-state index >= 15 is 0 Å². The predicted molar refractivity (Wildman–Crippen MR) is 76.6 cm³/mol. The van der Waals surface area contributed by atoms with Crippen LogP contribution in [0.4, 0.5) is 0 Å². The lowest BCUT2D eigenvalue weighted by atomic mass is 10.2. The number of aliphatic hydroxyl groups excluding tert-OH is 1. The normalized spacial score (nSPS) is 17.2. The number of hydrogen-bond donors (Lipinski definition) is 1. The molecular weight excluding hydrogens is 256 g/mol. The number of nitrogens with zero attached hydrogens (tertiary/aromatic N) is 4. The zero-order valence-corrected chi connectivity index (χ0v) is 12.4. The van der Waals surface area contributed by atoms with E-state index < -0.39 is 0 Å². The van der Waals surface area contributed by atoms with E-state index in [4.69, 9.17) is 5.11 Å². The Hall–Kier alpha value is -1.40. The summed E-state index contributed by atoms with van der Waals surface area (Å²) in [6, 6.07) is 0. The first-order valence-corrected chi connectivity index (χ1v) is 7.30. The zero-order chi connectivity index (χ0) is 14.5. The molecule has 0 atom stereocenters. The van der Waals surface area contributed by atoms with Crippen LogP contribution in [0.5, 0.6) is 0 Å². The van der Waals surface area contributed by atoms with Crippen molar-refractivity contribution >= 4 is 5.91 Å². The smallest absolute Gasteiger partial charge is 0.257 e. The quantitative estimate of drug-likeness (QED) is 0.851. The fourth-order valence-electron chi connectivity index (χ4n) is 2.68. The fraction of sp³-hybridized carbons (Fsp3) is 0.714. The van der Waals surface area contributed by atoms with Gasteiger partial charge in [-0.05, 0) is 19.4 Å². The van der Waals surface area contributed by atoms with Crippen molar-refractivity contribution in [1.82, 2.24) is 19.6 Å². The number of carbonyl (C=O) groups is 1. The number of aliphatic hydroxyl groups is 1. The van der Waals surface area contributed by atoms with Gasteiger partial charge >= 0.3 is 0 Å². The van der Waals surface area contributed by atoms with E-state index in [1.807, 2.05) is 25.1 Å². The maximum absolute atomic E-state index is 12.6. The van der Waals surface area contributed by atoms with Crippen LogP contribution in [0.25, 0.3) is 0 Å². The summed E-state index contributed by atoms with van der Waals surface area (Å²) in [6.45, 7) is 6.15. The van der Waals surface area contributed by atoms with Crippen molar-refractivity contribution in [3.8, 4) is 0 Å². The fourth-order valence-corrected chi connectivity index (χ4v) is 2.68. The maximum atomic E-state index is 12.6. The lowest BCUT2D eigenvalue weighted by molar-refractivity contribution is 0.0759. The molecule has 1 aliphatic heterocycles. The molecule has 0 unspecified atom stereocenters. The van der Waals surface area contributed by atoms with E-state index in [9.17, 15) is 4.79 Å². The SMILES string of the molecule is CCc1nn(C)cc1C(=O)N1CCCN(CCO)CC1. The average Bonchev–Trinajstić information content (AvgIpc) is 2.66. The van der Waals surface area contributed by atoms with Gasteiger partial charge in [0.2, 0.25) is 0 Å². The number of hydrogen-bond acceptors (Lipinski definition) is 4. The number of carbonyl (C=O) groups excluding carboxylic acids is 1. The molecule has 0 aromatic carbocycles. The summed E-state index contributed by atoms with van der Waals surface area (Å²) in [5, 5.41) is 13.3. The second-order valence-corrected chi connectivity index (χ2v) is 5.23. The first-order valence-electron chi connectivity index (χ1n) is 7.30. The molecule has 0 aliphatic carbocycles. The van der Waals surface area contributed by atoms with Crippen LogP contribution in [0.2, 0.25) is 0 Å². The van der Waals surface area contributed by atoms with Gasteiger partial charge in [-0.15, -0.1) is 0 Å². The molecule has 1 fully saturated rings. The van der Waals surface area contributed by atoms with E-state index in [-0.39, 0.29) is 12.5 Å². The van der Waals surface area contributed by atoms with Crippen molar-refractivity contribution in [3.63, 3.8) is 0 Å². The van der Waals surface area contributed by atoms with Crippen LogP contribution in [0.15, 0.2) is 6.20 Å². The highest BCUT2D eigenvalue weighted by Gasteiger charge is 2.23. The van der Waals surface area contributed by atoms with Gasteiger partial charge in [-0.1, -0.05) is 6.92 Å². The van der Waals surface area contributed by atoms with Gasteiger partial charge in [0.05, 0.1) is 17.9 Å². The molecule has 0 radical (unpaired) electrons. The maximum Gasteiger partial charge on any atom is 0.257 e. The molecule has 0 bridgehead atoms. The Morgan fingerprint density at radius 1 is 1.35 bits per heavy atom. The molecule has 6 heteroatoms. The van der Waals surface area contributed by atoms with Crippen LogP contribution in [0.3, 0.4) is 0 Å². The number of amides is 1. The van der Waals surface area contributed by atoms with Crippen LogP contribution < -0.4 is 0 Å². The van der Waals surface area contributed by atoms with E-state index in [0.717, 1.165) is 50.3 Å². The molecular formula is C14H24N4O2. The molecule has 20 heavy (non-hydrogen) atoms. The molecule has 0 spiro atoms. The number of β-amino-alcohol motifs (C(OH)–C–C–N with tert-alkyl or cyclic N) is 1. The monoisotopic (exact) mass is 280 g/mol. The summed E-state index contributed by atoms with van der Waals surface area (Å²) in [7, 11) is 1.85. The van der Waals surface area contributed by atoms with Crippen molar-refractivity contribution in [2.24, 2.45) is 7.05 Å². The van der Waals surface area contributed by atoms with E-state index in [2.05, 4.69) is 10.00 Å². The van der Waals surface area contributed by atoms with Crippen molar-refractivity contribution in [2.45, 2.75) is 19.8 Å². The van der Waals surface area contributed by atoms with Gasteiger partial charge in [0.1, 0.15) is 0 Å². The second-order valence-electron chi connectivity index (χ2n) is 5.23. The number of rotatable bonds is 4. The molecule has 1 aromatic rings. The van der Waals surface area contributed by atoms with E-state index in [1.54, 1.807) is 4.68 Å². The first-order chi connectivity index (χ1) is 9.65. The minimum absolute atomic E-state index is 0.0841. The lowest BCUT2D eigenvalue weighted by Crippen LogP contribution is -2.36. The third-order valence-corrected chi connectivity index (χ3v) is 3.76. The molecule has 112 valence electrons. The third-order valence-electron chi connectivity index (χ3n) is 3.76. The second kappa shape index (κ2) is 6.85. The van der Waals surface area contributed by atoms with Gasteiger partial charge in [-0.2, -0.15) is 5.10 Å². The largest absolute Gasteiger partial charge is 0.395 e. The molecule has 6 nitrogen and oxygen atoms in total. The highest BCUT2D eigenvalue weighted by molar-refractivity contribution is 5.95. The summed E-state index contributed by atoms with van der Waals surface area (Å²) >= 11 is 0. The summed E-state index contributed by atoms with van der Waals surface area (Å²) in [5.74, 6) is 0.0841. The predicted octanol–water partition coefficient (Wildman–Crippen LogP) is 0.123. The molecule has 1 saturated heterocycles. The van der Waals surface area contributed by atoms with Gasteiger partial charge in [0, 0.05) is 39.4 Å². The molecule has 1 aliphatic rings. The van der Waals surface area contributed by atoms with Crippen LogP contribution in [-0.4, -0.2) is 69.9 Å². The highest BCUT2D eigenvalue weighted by Crippen LogP contribution is 2.13. The van der Waals surface area contributed by atoms with E-state index in [0.29, 0.717) is 6.54 Å². The Labute approximate surface area is 120 Å². The summed E-state index contributed by atoms with van der Waals surface area (Å²) in [6.07, 6.45) is 3.54. The van der Waals surface area contributed by atoms with Crippen molar-refractivity contribution in [2.75, 3.05) is 39.3 Å². The van der Waals surface area contributed by atoms with Crippen LogP contribution in [-0.2, 0) is 13.5 Å². The van der Waals surface area contributed by atoms with Crippen LogP contribution in [0, 0.1) is 0 Å². The Balaban J connectivity index is 2.05. The Bertz CT molecular complexity index is 458. The molecule has 1 amide bonds. The van der Waals surface area contributed by atoms with Gasteiger partial charge in [0.25, 0.3) is 5.91 Å². The summed E-state index contributed by atoms with van der Waals surface area (Å²) in [5.41, 5.74) is 1.60. The van der Waals surface area contributed by atoms with E-state index in [1.165, 1.54) is 0 Å². The molecule has 2 rings (SSSR count). The minimum atomic E-state index is 0.0841. The summed E-state index contributed by atoms with van der Waals surface area (Å²) in [4.78, 5) is 16.7. The number of aryl methyl sites for hydroxylation is 2. The van der Waals surface area contributed by atoms with Gasteiger partial charge in [-0.3, -0.25) is 14.4 Å². The Kier molecular flexibility index (Phi) is 5.14. The van der Waals surface area contributed by atoms with Crippen LogP contribution in [0.1, 0.15) is 29.4 Å². The van der Waals surface area contributed by atoms with Gasteiger partial charge in [-0.25, -0.2) is 0 Å². The highest BCUT2D eigenvalue weighted by atomic mass is 16.3. The molecule has 1 N–H and O–H groups in total. The summed E-state index contributed by atoms with van der Waals surface area (Å²) < 4.78 is 1.71. The Morgan fingerprint density at radius 2 is 2.15 bits per heavy atom. The zero-order valence-electron chi connectivity index (χ0n) is 12.4. The van der Waals surface area contributed by atoms with Crippen LogP contribution >= 0.6 is 0 Å².